The maximum Gasteiger partial charge on any atom is 0.254 e. The van der Waals surface area contributed by atoms with Crippen LogP contribution in [-0.2, 0) is 16.6 Å². The van der Waals surface area contributed by atoms with Crippen molar-refractivity contribution in [1.29, 1.82) is 0 Å². The summed E-state index contributed by atoms with van der Waals surface area (Å²) in [6.07, 6.45) is 7.36. The number of nitrogens with one attached hydrogen (secondary N) is 2. The second kappa shape index (κ2) is 6.08. The molecule has 0 spiro atoms. The minimum Gasteiger partial charge on any atom is -0.346 e. The fourth-order valence-corrected chi connectivity index (χ4v) is 4.04. The molecule has 7 heteroatoms. The predicted molar refractivity (Wildman–Crippen MR) is 81.2 cm³/mol. The van der Waals surface area contributed by atoms with E-state index >= 15 is 0 Å². The van der Waals surface area contributed by atoms with E-state index in [0.717, 1.165) is 44.5 Å². The van der Waals surface area contributed by atoms with Crippen LogP contribution in [0, 0.1) is 0 Å². The topological polar surface area (TPSA) is 66.4 Å². The van der Waals surface area contributed by atoms with Crippen molar-refractivity contribution in [3.8, 4) is 0 Å². The van der Waals surface area contributed by atoms with Crippen LogP contribution < -0.4 is 10.1 Å². The fraction of sp³-hybridized carbons (Fsp3) is 0.714. The van der Waals surface area contributed by atoms with E-state index in [-0.39, 0.29) is 0 Å². The van der Waals surface area contributed by atoms with Gasteiger partial charge in [0.15, 0.2) is 0 Å². The summed E-state index contributed by atoms with van der Waals surface area (Å²) >= 11 is 0. The molecule has 0 atom stereocenters. The molecular weight excluding hydrogens is 288 g/mol. The Hall–Kier alpha value is -0.890. The van der Waals surface area contributed by atoms with Crippen LogP contribution >= 0.6 is 0 Å². The molecule has 1 saturated carbocycles. The highest BCUT2D eigenvalue weighted by Gasteiger charge is 2.28. The molecule has 2 fully saturated rings. The molecule has 2 N–H and O–H groups in total. The van der Waals surface area contributed by atoms with E-state index in [0.29, 0.717) is 17.5 Å². The summed E-state index contributed by atoms with van der Waals surface area (Å²) in [7, 11) is -1.58. The van der Waals surface area contributed by atoms with Gasteiger partial charge in [-0.05, 0) is 38.8 Å². The van der Waals surface area contributed by atoms with Gasteiger partial charge in [0.2, 0.25) is 0 Å². The Kier molecular flexibility index (Phi) is 4.35. The average Bonchev–Trinajstić information content (AvgIpc) is 3.21. The van der Waals surface area contributed by atoms with Crippen LogP contribution in [0.5, 0.6) is 0 Å². The van der Waals surface area contributed by atoms with Gasteiger partial charge in [-0.2, -0.15) is 0 Å². The van der Waals surface area contributed by atoms with Gasteiger partial charge < -0.3 is 9.88 Å². The van der Waals surface area contributed by atoms with Crippen molar-refractivity contribution in [2.75, 3.05) is 20.1 Å². The summed E-state index contributed by atoms with van der Waals surface area (Å²) in [6, 6.07) is 2.27. The summed E-state index contributed by atoms with van der Waals surface area (Å²) in [6.45, 7) is 2.29. The fourth-order valence-electron chi connectivity index (χ4n) is 2.87. The average molecular weight is 312 g/mol. The first-order chi connectivity index (χ1) is 10.1. The summed E-state index contributed by atoms with van der Waals surface area (Å²) in [5, 5.41) is 4.93. The van der Waals surface area contributed by atoms with Crippen molar-refractivity contribution >= 4 is 10.0 Å². The molecule has 2 aliphatic rings. The number of hydrazine groups is 1. The molecule has 0 aromatic carbocycles. The van der Waals surface area contributed by atoms with Gasteiger partial charge in [0.1, 0.15) is 4.90 Å². The van der Waals surface area contributed by atoms with Gasteiger partial charge in [-0.1, -0.05) is 6.42 Å². The van der Waals surface area contributed by atoms with Crippen molar-refractivity contribution in [3.63, 3.8) is 0 Å². The Morgan fingerprint density at radius 1 is 1.24 bits per heavy atom. The Labute approximate surface area is 126 Å². The summed E-state index contributed by atoms with van der Waals surface area (Å²) < 4.78 is 27.2. The zero-order valence-electron chi connectivity index (χ0n) is 12.5. The first-order valence-electron chi connectivity index (χ1n) is 7.73. The zero-order chi connectivity index (χ0) is 14.9. The van der Waals surface area contributed by atoms with Crippen LogP contribution in [0.15, 0.2) is 17.2 Å². The Balaban J connectivity index is 1.79. The smallest absolute Gasteiger partial charge is 0.254 e. The number of piperidine rings is 1. The van der Waals surface area contributed by atoms with Gasteiger partial charge in [0.25, 0.3) is 10.0 Å². The number of sulfonamides is 1. The highest BCUT2D eigenvalue weighted by molar-refractivity contribution is 7.89. The summed E-state index contributed by atoms with van der Waals surface area (Å²) in [4.78, 5) is 3.11. The lowest BCUT2D eigenvalue weighted by atomic mass is 10.2. The molecule has 0 radical (unpaired) electrons. The second-order valence-corrected chi connectivity index (χ2v) is 7.64. The third-order valence-corrected chi connectivity index (χ3v) is 5.46. The third-order valence-electron chi connectivity index (χ3n) is 4.12. The number of hydrogen-bond acceptors (Lipinski definition) is 4. The number of aromatic nitrogens is 1. The van der Waals surface area contributed by atoms with E-state index in [9.17, 15) is 8.42 Å². The molecule has 1 aromatic rings. The number of hydrogen-bond donors (Lipinski definition) is 2. The van der Waals surface area contributed by atoms with E-state index < -0.39 is 10.0 Å². The van der Waals surface area contributed by atoms with E-state index in [2.05, 4.69) is 14.7 Å². The lowest BCUT2D eigenvalue weighted by Crippen LogP contribution is -2.44. The van der Waals surface area contributed by atoms with Crippen LogP contribution in [0.2, 0.25) is 0 Å². The lowest BCUT2D eigenvalue weighted by molar-refractivity contribution is 0.200. The van der Waals surface area contributed by atoms with Gasteiger partial charge in [0, 0.05) is 37.6 Å². The van der Waals surface area contributed by atoms with Gasteiger partial charge in [-0.3, -0.25) is 0 Å². The quantitative estimate of drug-likeness (QED) is 0.829. The minimum atomic E-state index is -3.46. The summed E-state index contributed by atoms with van der Waals surface area (Å²) in [5.41, 5.74) is 1.04. The zero-order valence-corrected chi connectivity index (χ0v) is 13.3. The molecule has 6 nitrogen and oxygen atoms in total. The molecule has 3 rings (SSSR count). The van der Waals surface area contributed by atoms with Crippen molar-refractivity contribution in [1.82, 2.24) is 19.7 Å². The highest BCUT2D eigenvalue weighted by Crippen LogP contribution is 2.37. The molecule has 1 aromatic heterocycles. The Morgan fingerprint density at radius 2 is 1.95 bits per heavy atom. The highest BCUT2D eigenvalue weighted by atomic mass is 32.2. The van der Waals surface area contributed by atoms with Crippen molar-refractivity contribution in [2.45, 2.75) is 49.6 Å². The molecule has 118 valence electrons. The maximum absolute atomic E-state index is 12.5. The summed E-state index contributed by atoms with van der Waals surface area (Å²) in [5.74, 6) is 0. The maximum atomic E-state index is 12.5. The van der Waals surface area contributed by atoms with E-state index in [1.54, 1.807) is 12.3 Å². The van der Waals surface area contributed by atoms with Gasteiger partial charge in [-0.25, -0.2) is 13.4 Å². The minimum absolute atomic E-state index is 0.380. The first kappa shape index (κ1) is 15.0. The first-order valence-corrected chi connectivity index (χ1v) is 9.21. The standard InChI is InChI=1S/C14H24N4O2S/c1-15-10-13-9-14(11-18(13)12-5-6-12)21(19,20)16-17-7-3-2-4-8-17/h9,11-12,15-16H,2-8,10H2,1H3. The van der Waals surface area contributed by atoms with Crippen LogP contribution in [-0.4, -0.2) is 38.1 Å². The SMILES string of the molecule is CNCc1cc(S(=O)(=O)NN2CCCCC2)cn1C1CC1. The molecular formula is C14H24N4O2S. The van der Waals surface area contributed by atoms with Gasteiger partial charge in [-0.15, -0.1) is 4.83 Å². The number of nitrogens with zero attached hydrogens (tertiary/aromatic N) is 2. The number of rotatable bonds is 6. The second-order valence-electron chi connectivity index (χ2n) is 5.98. The van der Waals surface area contributed by atoms with Gasteiger partial charge >= 0.3 is 0 Å². The van der Waals surface area contributed by atoms with Crippen molar-refractivity contribution < 1.29 is 8.42 Å². The van der Waals surface area contributed by atoms with E-state index in [1.807, 2.05) is 12.1 Å². The normalized spacial score (nSPS) is 20.8. The lowest BCUT2D eigenvalue weighted by Gasteiger charge is -2.26. The van der Waals surface area contributed by atoms with Crippen LogP contribution in [0.3, 0.4) is 0 Å². The van der Waals surface area contributed by atoms with Crippen LogP contribution in [0.25, 0.3) is 0 Å². The van der Waals surface area contributed by atoms with E-state index in [4.69, 9.17) is 0 Å². The van der Waals surface area contributed by atoms with E-state index in [1.165, 1.54) is 6.42 Å². The third kappa shape index (κ3) is 3.48. The molecule has 0 bridgehead atoms. The van der Waals surface area contributed by atoms with Crippen LogP contribution in [0.1, 0.15) is 43.8 Å². The molecule has 0 unspecified atom stereocenters. The molecule has 1 aliphatic carbocycles. The van der Waals surface area contributed by atoms with Crippen LogP contribution in [0.4, 0.5) is 0 Å². The van der Waals surface area contributed by atoms with Crippen molar-refractivity contribution in [3.05, 3.63) is 18.0 Å². The molecule has 0 amide bonds. The molecule has 2 heterocycles. The largest absolute Gasteiger partial charge is 0.346 e. The Morgan fingerprint density at radius 3 is 2.57 bits per heavy atom. The predicted octanol–water partition coefficient (Wildman–Crippen LogP) is 1.22. The van der Waals surface area contributed by atoms with Gasteiger partial charge in [0.05, 0.1) is 0 Å². The molecule has 1 aliphatic heterocycles. The molecule has 21 heavy (non-hydrogen) atoms. The van der Waals surface area contributed by atoms with Crippen molar-refractivity contribution in [2.24, 2.45) is 0 Å². The Bertz CT molecular complexity index is 586. The monoisotopic (exact) mass is 312 g/mol. The molecule has 1 saturated heterocycles.